The number of likely N-dealkylation sites (tertiary alicyclic amines) is 1. The van der Waals surface area contributed by atoms with E-state index in [0.29, 0.717) is 31.0 Å². The number of amides is 1. The van der Waals surface area contributed by atoms with E-state index < -0.39 is 0 Å². The van der Waals surface area contributed by atoms with Gasteiger partial charge in [-0.1, -0.05) is 13.8 Å². The highest BCUT2D eigenvalue weighted by Gasteiger charge is 2.40. The average Bonchev–Trinajstić information content (AvgIpc) is 2.90. The Bertz CT molecular complexity index is 642. The predicted octanol–water partition coefficient (Wildman–Crippen LogP) is 3.69. The van der Waals surface area contributed by atoms with Crippen molar-refractivity contribution in [1.82, 2.24) is 4.90 Å². The van der Waals surface area contributed by atoms with Crippen LogP contribution in [0.5, 0.6) is 5.75 Å². The first-order valence-corrected chi connectivity index (χ1v) is 8.78. The number of rotatable bonds is 3. The minimum Gasteiger partial charge on any atom is -0.496 e. The van der Waals surface area contributed by atoms with Gasteiger partial charge in [-0.3, -0.25) is 0 Å². The number of anilines is 1. The van der Waals surface area contributed by atoms with E-state index in [2.05, 4.69) is 39.1 Å². The number of nitrogens with one attached hydrogen (secondary N) is 1. The van der Waals surface area contributed by atoms with Crippen molar-refractivity contribution in [3.63, 3.8) is 0 Å². The fourth-order valence-corrected chi connectivity index (χ4v) is 4.00. The maximum absolute atomic E-state index is 12.3. The van der Waals surface area contributed by atoms with E-state index in [-0.39, 0.29) is 6.09 Å². The van der Waals surface area contributed by atoms with Crippen LogP contribution in [0.1, 0.15) is 42.9 Å². The van der Waals surface area contributed by atoms with Crippen LogP contribution in [0.15, 0.2) is 6.07 Å². The third-order valence-corrected chi connectivity index (χ3v) is 5.08. The molecule has 24 heavy (non-hydrogen) atoms. The molecule has 0 unspecified atom stereocenters. The van der Waals surface area contributed by atoms with Crippen LogP contribution in [-0.2, 0) is 4.74 Å². The molecule has 5 heteroatoms. The second kappa shape index (κ2) is 6.54. The van der Waals surface area contributed by atoms with Crippen LogP contribution in [0.4, 0.5) is 10.5 Å². The smallest absolute Gasteiger partial charge is 0.409 e. The maximum atomic E-state index is 12.3. The summed E-state index contributed by atoms with van der Waals surface area (Å²) in [4.78, 5) is 14.2. The zero-order chi connectivity index (χ0) is 17.4. The number of hydrogen-bond donors (Lipinski definition) is 1. The van der Waals surface area contributed by atoms with Gasteiger partial charge >= 0.3 is 6.09 Å². The fourth-order valence-electron chi connectivity index (χ4n) is 4.00. The Morgan fingerprint density at radius 2 is 2.17 bits per heavy atom. The molecule has 1 N–H and O–H groups in total. The van der Waals surface area contributed by atoms with E-state index in [1.165, 1.54) is 16.8 Å². The molecule has 2 aliphatic heterocycles. The molecule has 0 aliphatic carbocycles. The summed E-state index contributed by atoms with van der Waals surface area (Å²) in [5, 5.41) is 3.64. The summed E-state index contributed by atoms with van der Waals surface area (Å²) in [6.45, 7) is 10.2. The first kappa shape index (κ1) is 16.9. The lowest BCUT2D eigenvalue weighted by Gasteiger charge is -2.35. The molecular weight excluding hydrogens is 304 g/mol. The van der Waals surface area contributed by atoms with Crippen LogP contribution in [-0.4, -0.2) is 43.8 Å². The zero-order valence-corrected chi connectivity index (χ0v) is 15.3. The van der Waals surface area contributed by atoms with Gasteiger partial charge in [0.25, 0.3) is 0 Å². The van der Waals surface area contributed by atoms with Crippen LogP contribution in [0.25, 0.3) is 0 Å². The second-order valence-corrected chi connectivity index (χ2v) is 7.38. The number of methoxy groups -OCH3 is 1. The number of benzene rings is 1. The van der Waals surface area contributed by atoms with E-state index >= 15 is 0 Å². The number of piperidine rings is 1. The molecule has 5 nitrogen and oxygen atoms in total. The first-order chi connectivity index (χ1) is 11.4. The minimum atomic E-state index is -0.188. The van der Waals surface area contributed by atoms with Gasteiger partial charge in [0.15, 0.2) is 0 Å². The van der Waals surface area contributed by atoms with Crippen molar-refractivity contribution in [2.24, 2.45) is 5.92 Å². The second-order valence-electron chi connectivity index (χ2n) is 7.38. The molecule has 1 amide bonds. The van der Waals surface area contributed by atoms with Gasteiger partial charge in [0.05, 0.1) is 13.7 Å². The topological polar surface area (TPSA) is 50.8 Å². The Kier molecular flexibility index (Phi) is 4.61. The molecule has 2 aliphatic rings. The lowest BCUT2D eigenvalue weighted by molar-refractivity contribution is 0.0815. The third-order valence-electron chi connectivity index (χ3n) is 5.08. The molecule has 0 spiro atoms. The summed E-state index contributed by atoms with van der Waals surface area (Å²) in [5.74, 6) is 1.61. The maximum Gasteiger partial charge on any atom is 0.409 e. The molecule has 3 rings (SSSR count). The summed E-state index contributed by atoms with van der Waals surface area (Å²) in [6.07, 6.45) is 0.754. The summed E-state index contributed by atoms with van der Waals surface area (Å²) in [6, 6.07) is 2.56. The molecule has 0 radical (unpaired) electrons. The van der Waals surface area contributed by atoms with Crippen LogP contribution < -0.4 is 10.1 Å². The largest absolute Gasteiger partial charge is 0.496 e. The van der Waals surface area contributed by atoms with E-state index in [1.54, 1.807) is 7.11 Å². The summed E-state index contributed by atoms with van der Waals surface area (Å²) in [5.41, 5.74) is 4.82. The number of carbonyl (C=O) groups excluding carboxylic acids is 1. The van der Waals surface area contributed by atoms with Gasteiger partial charge in [0, 0.05) is 30.7 Å². The van der Waals surface area contributed by atoms with Crippen molar-refractivity contribution in [2.75, 3.05) is 32.1 Å². The molecule has 0 bridgehead atoms. The summed E-state index contributed by atoms with van der Waals surface area (Å²) >= 11 is 0. The Hall–Kier alpha value is -1.91. The summed E-state index contributed by atoms with van der Waals surface area (Å²) < 4.78 is 11.0. The lowest BCUT2D eigenvalue weighted by atomic mass is 9.86. The molecule has 2 heterocycles. The molecule has 2 atom stereocenters. The molecule has 0 saturated carbocycles. The van der Waals surface area contributed by atoms with Crippen molar-refractivity contribution < 1.29 is 14.3 Å². The monoisotopic (exact) mass is 332 g/mol. The highest BCUT2D eigenvalue weighted by Crippen LogP contribution is 2.45. The lowest BCUT2D eigenvalue weighted by Crippen LogP contribution is -2.45. The quantitative estimate of drug-likeness (QED) is 0.917. The number of aryl methyl sites for hydroxylation is 1. The first-order valence-electron chi connectivity index (χ1n) is 8.78. The molecular formula is C19H28N2O3. The molecule has 1 fully saturated rings. The highest BCUT2D eigenvalue weighted by molar-refractivity contribution is 5.71. The summed E-state index contributed by atoms with van der Waals surface area (Å²) in [7, 11) is 1.72. The van der Waals surface area contributed by atoms with Crippen molar-refractivity contribution in [2.45, 2.75) is 46.1 Å². The van der Waals surface area contributed by atoms with Crippen molar-refractivity contribution in [1.29, 1.82) is 0 Å². The minimum absolute atomic E-state index is 0.188. The van der Waals surface area contributed by atoms with Crippen molar-refractivity contribution >= 4 is 11.8 Å². The number of ether oxygens (including phenoxy) is 2. The van der Waals surface area contributed by atoms with Crippen molar-refractivity contribution in [3.8, 4) is 5.75 Å². The molecule has 1 aromatic carbocycles. The molecule has 0 aromatic heterocycles. The van der Waals surface area contributed by atoms with Gasteiger partial charge < -0.3 is 19.7 Å². The normalized spacial score (nSPS) is 22.0. The van der Waals surface area contributed by atoms with Gasteiger partial charge in [-0.05, 0) is 48.9 Å². The van der Waals surface area contributed by atoms with Gasteiger partial charge in [-0.2, -0.15) is 0 Å². The van der Waals surface area contributed by atoms with E-state index in [9.17, 15) is 4.79 Å². The Morgan fingerprint density at radius 3 is 2.83 bits per heavy atom. The van der Waals surface area contributed by atoms with Crippen molar-refractivity contribution in [3.05, 3.63) is 22.8 Å². The van der Waals surface area contributed by atoms with Gasteiger partial charge in [0.2, 0.25) is 0 Å². The van der Waals surface area contributed by atoms with Gasteiger partial charge in [-0.15, -0.1) is 0 Å². The van der Waals surface area contributed by atoms with Crippen LogP contribution in [0.2, 0.25) is 0 Å². The molecule has 1 aromatic rings. The van der Waals surface area contributed by atoms with Crippen LogP contribution in [0, 0.1) is 19.8 Å². The van der Waals surface area contributed by atoms with Crippen LogP contribution in [0.3, 0.4) is 0 Å². The number of hydrogen-bond acceptors (Lipinski definition) is 4. The molecule has 132 valence electrons. The van der Waals surface area contributed by atoms with E-state index in [0.717, 1.165) is 24.3 Å². The van der Waals surface area contributed by atoms with E-state index in [1.807, 2.05) is 4.90 Å². The van der Waals surface area contributed by atoms with Gasteiger partial charge in [0.1, 0.15) is 5.75 Å². The third kappa shape index (κ3) is 2.92. The fraction of sp³-hybridized carbons (Fsp3) is 0.632. The van der Waals surface area contributed by atoms with E-state index in [4.69, 9.17) is 9.47 Å². The number of carbonyl (C=O) groups is 1. The number of fused-ring (bicyclic) bond motifs is 3. The Balaban J connectivity index is 1.81. The van der Waals surface area contributed by atoms with Gasteiger partial charge in [-0.25, -0.2) is 4.79 Å². The highest BCUT2D eigenvalue weighted by atomic mass is 16.6. The standard InChI is InChI=1S/C19H28N2O3/c1-11(2)10-24-19(22)21-7-6-15-14(9-21)17-13(4)18(23-5)12(3)8-16(17)20-15/h8,11,14-15,20H,6-7,9-10H2,1-5H3/t14-,15+/m1/s1. The SMILES string of the molecule is COc1c(C)cc2c(c1C)[C@@H]1CN(C(=O)OCC(C)C)CC[C@@H]1N2. The zero-order valence-electron chi connectivity index (χ0n) is 15.3. The number of nitrogens with zero attached hydrogens (tertiary/aromatic N) is 1. The Morgan fingerprint density at radius 1 is 1.42 bits per heavy atom. The average molecular weight is 332 g/mol. The Labute approximate surface area is 144 Å². The molecule has 1 saturated heterocycles. The van der Waals surface area contributed by atoms with Crippen LogP contribution >= 0.6 is 0 Å². The predicted molar refractivity (Wildman–Crippen MR) is 95.0 cm³/mol.